The zero-order chi connectivity index (χ0) is 18.4. The first-order valence-corrected chi connectivity index (χ1v) is 8.27. The van der Waals surface area contributed by atoms with Gasteiger partial charge in [0, 0.05) is 24.4 Å². The van der Waals surface area contributed by atoms with Gasteiger partial charge in [0.15, 0.2) is 0 Å². The van der Waals surface area contributed by atoms with Crippen molar-refractivity contribution in [2.75, 3.05) is 4.90 Å². The van der Waals surface area contributed by atoms with E-state index in [4.69, 9.17) is 0 Å². The largest absolute Gasteiger partial charge is 0.355 e. The minimum absolute atomic E-state index is 0.00596. The quantitative estimate of drug-likeness (QED) is 0.440. The van der Waals surface area contributed by atoms with Gasteiger partial charge < -0.3 is 9.69 Å². The lowest BCUT2D eigenvalue weighted by Gasteiger charge is -2.30. The first-order valence-electron chi connectivity index (χ1n) is 8.27. The summed E-state index contributed by atoms with van der Waals surface area (Å²) in [5.41, 5.74) is 1.05. The second-order valence-electron chi connectivity index (χ2n) is 5.71. The molecule has 0 heterocycles. The average molecular weight is 344 g/mol. The van der Waals surface area contributed by atoms with Gasteiger partial charge in [-0.15, -0.1) is 0 Å². The van der Waals surface area contributed by atoms with Gasteiger partial charge in [-0.3, -0.25) is 10.1 Å². The van der Waals surface area contributed by atoms with E-state index < -0.39 is 10.5 Å². The molecule has 0 unspecified atom stereocenters. The average Bonchev–Trinajstić information content (AvgIpc) is 3.44. The molecule has 0 saturated heterocycles. The number of hydrogen-bond acceptors (Lipinski definition) is 4. The fourth-order valence-corrected chi connectivity index (χ4v) is 2.61. The normalized spacial score (nSPS) is 14.0. The van der Waals surface area contributed by atoms with Crippen LogP contribution in [0, 0.1) is 15.9 Å². The van der Waals surface area contributed by atoms with Gasteiger partial charge in [-0.05, 0) is 42.7 Å². The summed E-state index contributed by atoms with van der Waals surface area (Å²) >= 11 is 0. The van der Waals surface area contributed by atoms with Crippen LogP contribution in [0.1, 0.15) is 32.3 Å². The molecule has 1 saturated carbocycles. The minimum Gasteiger partial charge on any atom is -0.355 e. The monoisotopic (exact) mass is 344 g/mol. The number of halogens is 1. The Hall–Kier alpha value is -2.76. The Kier molecular flexibility index (Phi) is 5.85. The molecule has 132 valence electrons. The minimum atomic E-state index is -0.565. The standard InChI is InChI=1S/C17H15FN2O3.C2H6/c18-14-3-1-13(2-4-14)11-19(17(12-21)9-10-17)15-5-7-16(8-6-15)20(22)23;1-2/h1-8,12H,9-11H2;1-2H3. The highest BCUT2D eigenvalue weighted by molar-refractivity contribution is 5.76. The molecule has 6 heteroatoms. The van der Waals surface area contributed by atoms with E-state index in [9.17, 15) is 19.3 Å². The van der Waals surface area contributed by atoms with E-state index in [0.717, 1.165) is 30.4 Å². The van der Waals surface area contributed by atoms with Crippen molar-refractivity contribution in [3.05, 3.63) is 70.0 Å². The number of nitrogens with zero attached hydrogens (tertiary/aromatic N) is 2. The summed E-state index contributed by atoms with van der Waals surface area (Å²) in [6.45, 7) is 4.44. The van der Waals surface area contributed by atoms with E-state index in [2.05, 4.69) is 0 Å². The van der Waals surface area contributed by atoms with Gasteiger partial charge in [0.1, 0.15) is 12.1 Å². The van der Waals surface area contributed by atoms with Crippen LogP contribution in [0.25, 0.3) is 0 Å². The molecular weight excluding hydrogens is 323 g/mol. The van der Waals surface area contributed by atoms with E-state index in [1.807, 2.05) is 18.7 Å². The number of rotatable bonds is 6. The fourth-order valence-electron chi connectivity index (χ4n) is 2.61. The molecule has 0 aromatic heterocycles. The van der Waals surface area contributed by atoms with Crippen LogP contribution in [-0.4, -0.2) is 16.7 Å². The Bertz CT molecular complexity index is 725. The zero-order valence-electron chi connectivity index (χ0n) is 14.3. The third-order valence-electron chi connectivity index (χ3n) is 4.15. The second kappa shape index (κ2) is 7.88. The van der Waals surface area contributed by atoms with Crippen molar-refractivity contribution in [3.63, 3.8) is 0 Å². The highest BCUT2D eigenvalue weighted by atomic mass is 19.1. The summed E-state index contributed by atoms with van der Waals surface area (Å²) in [5.74, 6) is -0.313. The maximum Gasteiger partial charge on any atom is 0.269 e. The van der Waals surface area contributed by atoms with Crippen molar-refractivity contribution < 1.29 is 14.1 Å². The van der Waals surface area contributed by atoms with Crippen LogP contribution in [-0.2, 0) is 11.3 Å². The molecular formula is C19H21FN2O3. The molecule has 0 atom stereocenters. The van der Waals surface area contributed by atoms with Crippen molar-refractivity contribution in [1.82, 2.24) is 0 Å². The van der Waals surface area contributed by atoms with E-state index in [1.54, 1.807) is 24.3 Å². The molecule has 0 spiro atoms. The second-order valence-corrected chi connectivity index (χ2v) is 5.71. The number of carbonyl (C=O) groups is 1. The van der Waals surface area contributed by atoms with Crippen molar-refractivity contribution in [2.45, 2.75) is 38.8 Å². The van der Waals surface area contributed by atoms with Crippen LogP contribution < -0.4 is 4.90 Å². The SMILES string of the molecule is CC.O=CC1(N(Cc2ccc(F)cc2)c2ccc([N+](=O)[O-])cc2)CC1. The maximum atomic E-state index is 13.0. The third kappa shape index (κ3) is 4.21. The Morgan fingerprint density at radius 1 is 1.12 bits per heavy atom. The van der Waals surface area contributed by atoms with Gasteiger partial charge in [-0.1, -0.05) is 26.0 Å². The van der Waals surface area contributed by atoms with Crippen LogP contribution in [0.2, 0.25) is 0 Å². The molecule has 0 amide bonds. The number of nitro benzene ring substituents is 1. The molecule has 1 aliphatic rings. The number of aldehydes is 1. The molecule has 25 heavy (non-hydrogen) atoms. The van der Waals surface area contributed by atoms with Crippen LogP contribution in [0.4, 0.5) is 15.8 Å². The van der Waals surface area contributed by atoms with Crippen LogP contribution >= 0.6 is 0 Å². The first-order chi connectivity index (χ1) is 12.0. The predicted molar refractivity (Wildman–Crippen MR) is 95.1 cm³/mol. The summed E-state index contributed by atoms with van der Waals surface area (Å²) in [6.07, 6.45) is 2.42. The topological polar surface area (TPSA) is 63.5 Å². The van der Waals surface area contributed by atoms with Gasteiger partial charge in [0.25, 0.3) is 5.69 Å². The Balaban J connectivity index is 0.00000109. The maximum absolute atomic E-state index is 13.0. The number of non-ortho nitro benzene ring substituents is 1. The number of benzene rings is 2. The third-order valence-corrected chi connectivity index (χ3v) is 4.15. The number of anilines is 1. The molecule has 1 aliphatic carbocycles. The van der Waals surface area contributed by atoms with Crippen molar-refractivity contribution in [2.24, 2.45) is 0 Å². The van der Waals surface area contributed by atoms with E-state index in [1.165, 1.54) is 24.3 Å². The van der Waals surface area contributed by atoms with E-state index in [0.29, 0.717) is 6.54 Å². The summed E-state index contributed by atoms with van der Waals surface area (Å²) in [7, 11) is 0. The van der Waals surface area contributed by atoms with Crippen molar-refractivity contribution in [3.8, 4) is 0 Å². The van der Waals surface area contributed by atoms with Gasteiger partial charge in [-0.25, -0.2) is 4.39 Å². The molecule has 0 N–H and O–H groups in total. The highest BCUT2D eigenvalue weighted by Crippen LogP contribution is 2.43. The molecule has 2 aromatic carbocycles. The zero-order valence-corrected chi connectivity index (χ0v) is 14.3. The van der Waals surface area contributed by atoms with Crippen LogP contribution in [0.5, 0.6) is 0 Å². The Labute approximate surface area is 146 Å². The molecule has 0 bridgehead atoms. The Morgan fingerprint density at radius 3 is 2.12 bits per heavy atom. The summed E-state index contributed by atoms with van der Waals surface area (Å²) in [5, 5.41) is 10.8. The van der Waals surface area contributed by atoms with Crippen LogP contribution in [0.15, 0.2) is 48.5 Å². The number of hydrogen-bond donors (Lipinski definition) is 0. The smallest absolute Gasteiger partial charge is 0.269 e. The van der Waals surface area contributed by atoms with E-state index in [-0.39, 0.29) is 11.5 Å². The molecule has 3 rings (SSSR count). The van der Waals surface area contributed by atoms with Gasteiger partial charge >= 0.3 is 0 Å². The number of carbonyl (C=O) groups excluding carboxylic acids is 1. The van der Waals surface area contributed by atoms with Crippen molar-refractivity contribution in [1.29, 1.82) is 0 Å². The molecule has 2 aromatic rings. The predicted octanol–water partition coefficient (Wildman–Crippen LogP) is 4.50. The molecule has 5 nitrogen and oxygen atoms in total. The molecule has 0 radical (unpaired) electrons. The fraction of sp³-hybridized carbons (Fsp3) is 0.316. The lowest BCUT2D eigenvalue weighted by Crippen LogP contribution is -2.38. The summed E-state index contributed by atoms with van der Waals surface area (Å²) in [6, 6.07) is 12.2. The van der Waals surface area contributed by atoms with Gasteiger partial charge in [-0.2, -0.15) is 0 Å². The van der Waals surface area contributed by atoms with Gasteiger partial charge in [0.2, 0.25) is 0 Å². The number of nitro groups is 1. The molecule has 1 fully saturated rings. The lowest BCUT2D eigenvalue weighted by atomic mass is 10.1. The van der Waals surface area contributed by atoms with Crippen LogP contribution in [0.3, 0.4) is 0 Å². The summed E-state index contributed by atoms with van der Waals surface area (Å²) < 4.78 is 13.0. The Morgan fingerprint density at radius 2 is 1.68 bits per heavy atom. The first kappa shape index (κ1) is 18.6. The summed E-state index contributed by atoms with van der Waals surface area (Å²) in [4.78, 5) is 23.8. The lowest BCUT2D eigenvalue weighted by molar-refractivity contribution is -0.384. The van der Waals surface area contributed by atoms with Crippen molar-refractivity contribution >= 4 is 17.7 Å². The molecule has 0 aliphatic heterocycles. The van der Waals surface area contributed by atoms with Gasteiger partial charge in [0.05, 0.1) is 10.5 Å². The highest BCUT2D eigenvalue weighted by Gasteiger charge is 2.48. The van der Waals surface area contributed by atoms with E-state index >= 15 is 0 Å².